The van der Waals surface area contributed by atoms with Crippen LogP contribution in [0.5, 0.6) is 0 Å². The summed E-state index contributed by atoms with van der Waals surface area (Å²) in [6, 6.07) is 7.54. The van der Waals surface area contributed by atoms with E-state index in [1.807, 2.05) is 38.1 Å². The molecule has 2 N–H and O–H groups in total. The summed E-state index contributed by atoms with van der Waals surface area (Å²) in [4.78, 5) is 12.0. The Bertz CT molecular complexity index is 558. The third-order valence-electron chi connectivity index (χ3n) is 2.77. The smallest absolute Gasteiger partial charge is 0.228 e. The number of halogens is 1. The molecule has 2 rings (SSSR count). The van der Waals surface area contributed by atoms with Gasteiger partial charge in [-0.3, -0.25) is 9.89 Å². The van der Waals surface area contributed by atoms with E-state index in [0.717, 1.165) is 27.1 Å². The number of carbonyl (C=O) groups is 1. The van der Waals surface area contributed by atoms with E-state index in [9.17, 15) is 4.79 Å². The summed E-state index contributed by atoms with van der Waals surface area (Å²) in [5, 5.41) is 9.83. The summed E-state index contributed by atoms with van der Waals surface area (Å²) in [6.45, 7) is 3.81. The first-order valence-electron chi connectivity index (χ1n) is 5.62. The second kappa shape index (κ2) is 5.35. The van der Waals surface area contributed by atoms with Gasteiger partial charge in [0.15, 0.2) is 0 Å². The van der Waals surface area contributed by atoms with E-state index in [1.54, 1.807) is 0 Å². The average molecular weight is 308 g/mol. The van der Waals surface area contributed by atoms with Crippen molar-refractivity contribution in [2.24, 2.45) is 0 Å². The summed E-state index contributed by atoms with van der Waals surface area (Å²) >= 11 is 3.40. The number of rotatable bonds is 3. The number of aryl methyl sites for hydroxylation is 2. The number of amides is 1. The van der Waals surface area contributed by atoms with Gasteiger partial charge in [0, 0.05) is 15.7 Å². The minimum atomic E-state index is -0.0468. The lowest BCUT2D eigenvalue weighted by molar-refractivity contribution is -0.115. The SMILES string of the molecule is Cc1n[nH]c(C)c1CC(=O)Nc1ccccc1Br. The van der Waals surface area contributed by atoms with Crippen molar-refractivity contribution in [2.45, 2.75) is 20.3 Å². The number of H-pyrrole nitrogens is 1. The van der Waals surface area contributed by atoms with E-state index >= 15 is 0 Å². The fourth-order valence-electron chi connectivity index (χ4n) is 1.75. The number of nitrogens with zero attached hydrogens (tertiary/aromatic N) is 1. The van der Waals surface area contributed by atoms with Crippen LogP contribution in [-0.4, -0.2) is 16.1 Å². The van der Waals surface area contributed by atoms with Crippen molar-refractivity contribution in [1.82, 2.24) is 10.2 Å². The van der Waals surface area contributed by atoms with Crippen LogP contribution >= 0.6 is 15.9 Å². The summed E-state index contributed by atoms with van der Waals surface area (Å²) in [7, 11) is 0. The topological polar surface area (TPSA) is 57.8 Å². The van der Waals surface area contributed by atoms with Gasteiger partial charge in [-0.05, 0) is 41.9 Å². The van der Waals surface area contributed by atoms with Gasteiger partial charge >= 0.3 is 0 Å². The first-order valence-corrected chi connectivity index (χ1v) is 6.42. The van der Waals surface area contributed by atoms with Gasteiger partial charge in [-0.1, -0.05) is 12.1 Å². The highest BCUT2D eigenvalue weighted by molar-refractivity contribution is 9.10. The van der Waals surface area contributed by atoms with Crippen molar-refractivity contribution in [1.29, 1.82) is 0 Å². The zero-order valence-electron chi connectivity index (χ0n) is 10.2. The van der Waals surface area contributed by atoms with Gasteiger partial charge in [-0.2, -0.15) is 5.10 Å². The molecular formula is C13H14BrN3O. The highest BCUT2D eigenvalue weighted by Gasteiger charge is 2.12. The standard InChI is InChI=1S/C13H14BrN3O/c1-8-10(9(2)17-16-8)7-13(18)15-12-6-4-3-5-11(12)14/h3-6H,7H2,1-2H3,(H,15,18)(H,16,17). The van der Waals surface area contributed by atoms with Crippen LogP contribution in [0.2, 0.25) is 0 Å². The van der Waals surface area contributed by atoms with Gasteiger partial charge in [-0.25, -0.2) is 0 Å². The normalized spacial score (nSPS) is 10.4. The van der Waals surface area contributed by atoms with Gasteiger partial charge in [0.2, 0.25) is 5.91 Å². The molecule has 1 amide bonds. The number of anilines is 1. The molecule has 94 valence electrons. The molecule has 0 aliphatic rings. The van der Waals surface area contributed by atoms with E-state index in [0.29, 0.717) is 6.42 Å². The zero-order chi connectivity index (χ0) is 13.1. The second-order valence-corrected chi connectivity index (χ2v) is 4.97. The third kappa shape index (κ3) is 2.79. The van der Waals surface area contributed by atoms with Crippen LogP contribution in [0.15, 0.2) is 28.7 Å². The molecule has 0 bridgehead atoms. The summed E-state index contributed by atoms with van der Waals surface area (Å²) in [5.41, 5.74) is 3.55. The molecule has 0 fully saturated rings. The van der Waals surface area contributed by atoms with E-state index in [2.05, 4.69) is 31.4 Å². The first-order chi connectivity index (χ1) is 8.58. The summed E-state index contributed by atoms with van der Waals surface area (Å²) in [6.07, 6.45) is 0.329. The number of hydrogen-bond acceptors (Lipinski definition) is 2. The molecule has 1 aromatic heterocycles. The van der Waals surface area contributed by atoms with Crippen molar-refractivity contribution in [3.8, 4) is 0 Å². The molecule has 0 atom stereocenters. The van der Waals surface area contributed by atoms with Gasteiger partial charge in [0.25, 0.3) is 0 Å². The van der Waals surface area contributed by atoms with Crippen molar-refractivity contribution < 1.29 is 4.79 Å². The Morgan fingerprint density at radius 1 is 1.39 bits per heavy atom. The maximum Gasteiger partial charge on any atom is 0.228 e. The molecule has 0 unspecified atom stereocenters. The van der Waals surface area contributed by atoms with Gasteiger partial charge in [0.1, 0.15) is 0 Å². The monoisotopic (exact) mass is 307 g/mol. The Balaban J connectivity index is 2.08. The Morgan fingerprint density at radius 2 is 2.11 bits per heavy atom. The van der Waals surface area contributed by atoms with Gasteiger partial charge < -0.3 is 5.32 Å². The number of carbonyl (C=O) groups excluding carboxylic acids is 1. The minimum Gasteiger partial charge on any atom is -0.325 e. The number of aromatic amines is 1. The quantitative estimate of drug-likeness (QED) is 0.916. The molecule has 0 spiro atoms. The van der Waals surface area contributed by atoms with Crippen molar-refractivity contribution >= 4 is 27.5 Å². The summed E-state index contributed by atoms with van der Waals surface area (Å²) < 4.78 is 0.874. The lowest BCUT2D eigenvalue weighted by Gasteiger charge is -2.07. The second-order valence-electron chi connectivity index (χ2n) is 4.12. The van der Waals surface area contributed by atoms with Crippen molar-refractivity contribution in [3.05, 3.63) is 45.7 Å². The van der Waals surface area contributed by atoms with Crippen molar-refractivity contribution in [3.63, 3.8) is 0 Å². The molecule has 0 radical (unpaired) electrons. The van der Waals surface area contributed by atoms with Crippen LogP contribution < -0.4 is 5.32 Å². The fourth-order valence-corrected chi connectivity index (χ4v) is 2.14. The predicted molar refractivity (Wildman–Crippen MR) is 74.5 cm³/mol. The molecule has 4 nitrogen and oxygen atoms in total. The van der Waals surface area contributed by atoms with Crippen LogP contribution in [0.4, 0.5) is 5.69 Å². The van der Waals surface area contributed by atoms with Crippen LogP contribution in [0.3, 0.4) is 0 Å². The van der Waals surface area contributed by atoms with E-state index in [4.69, 9.17) is 0 Å². The van der Waals surface area contributed by atoms with Crippen LogP contribution in [0.1, 0.15) is 17.0 Å². The fraction of sp³-hybridized carbons (Fsp3) is 0.231. The van der Waals surface area contributed by atoms with Gasteiger partial charge in [-0.15, -0.1) is 0 Å². The van der Waals surface area contributed by atoms with E-state index in [1.165, 1.54) is 0 Å². The average Bonchev–Trinajstić information content (AvgIpc) is 2.64. The Labute approximate surface area is 114 Å². The molecule has 18 heavy (non-hydrogen) atoms. The van der Waals surface area contributed by atoms with Crippen molar-refractivity contribution in [2.75, 3.05) is 5.32 Å². The number of para-hydroxylation sites is 1. The Kier molecular flexibility index (Phi) is 3.81. The minimum absolute atomic E-state index is 0.0468. The maximum atomic E-state index is 12.0. The Morgan fingerprint density at radius 3 is 2.72 bits per heavy atom. The molecule has 1 heterocycles. The Hall–Kier alpha value is -1.62. The molecule has 1 aromatic carbocycles. The highest BCUT2D eigenvalue weighted by Crippen LogP contribution is 2.21. The lowest BCUT2D eigenvalue weighted by Crippen LogP contribution is -2.15. The lowest BCUT2D eigenvalue weighted by atomic mass is 10.1. The zero-order valence-corrected chi connectivity index (χ0v) is 11.8. The molecule has 0 saturated heterocycles. The largest absolute Gasteiger partial charge is 0.325 e. The number of hydrogen-bond donors (Lipinski definition) is 2. The maximum absolute atomic E-state index is 12.0. The van der Waals surface area contributed by atoms with Gasteiger partial charge in [0.05, 0.1) is 17.8 Å². The van der Waals surface area contributed by atoms with Crippen LogP contribution in [0, 0.1) is 13.8 Å². The number of nitrogens with one attached hydrogen (secondary N) is 2. The molecule has 0 saturated carbocycles. The number of aromatic nitrogens is 2. The van der Waals surface area contributed by atoms with Crippen LogP contribution in [-0.2, 0) is 11.2 Å². The molecule has 2 aromatic rings. The predicted octanol–water partition coefficient (Wildman–Crippen LogP) is 2.97. The number of benzene rings is 1. The molecule has 0 aliphatic carbocycles. The van der Waals surface area contributed by atoms with E-state index < -0.39 is 0 Å². The molecular weight excluding hydrogens is 294 g/mol. The van der Waals surface area contributed by atoms with E-state index in [-0.39, 0.29) is 5.91 Å². The third-order valence-corrected chi connectivity index (χ3v) is 3.46. The highest BCUT2D eigenvalue weighted by atomic mass is 79.9. The first kappa shape index (κ1) is 12.8. The summed E-state index contributed by atoms with van der Waals surface area (Å²) in [5.74, 6) is -0.0468. The molecule has 5 heteroatoms. The molecule has 0 aliphatic heterocycles. The van der Waals surface area contributed by atoms with Crippen LogP contribution in [0.25, 0.3) is 0 Å².